The molecule has 2 aliphatic heterocycles. The molecule has 0 aliphatic carbocycles. The lowest BCUT2D eigenvalue weighted by Crippen LogP contribution is -2.46. The van der Waals surface area contributed by atoms with Gasteiger partial charge in [0.25, 0.3) is 0 Å². The topological polar surface area (TPSA) is 60.4 Å². The molecule has 1 spiro atoms. The molecule has 0 amide bonds. The quantitative estimate of drug-likeness (QED) is 0.589. The molecule has 0 aromatic carbocycles. The second-order valence-electron chi connectivity index (χ2n) is 3.94. The maximum Gasteiger partial charge on any atom is 0.162 e. The minimum atomic E-state index is -3.03. The number of hydrogen-bond donors (Lipinski definition) is 0. The van der Waals surface area contributed by atoms with Crippen molar-refractivity contribution in [3.05, 3.63) is 12.3 Å². The molecule has 2 heterocycles. The van der Waals surface area contributed by atoms with Gasteiger partial charge < -0.3 is 4.74 Å². The summed E-state index contributed by atoms with van der Waals surface area (Å²) < 4.78 is 28.2. The second-order valence-corrected chi connectivity index (χ2v) is 6.13. The van der Waals surface area contributed by atoms with E-state index in [1.807, 2.05) is 0 Å². The number of rotatable bonds is 0. The molecular weight excluding hydrogens is 204 g/mol. The molecule has 2 aliphatic rings. The summed E-state index contributed by atoms with van der Waals surface area (Å²) >= 11 is 0. The zero-order valence-electron chi connectivity index (χ0n) is 7.73. The molecule has 1 atom stereocenters. The van der Waals surface area contributed by atoms with Gasteiger partial charge in [-0.05, 0) is 12.8 Å². The van der Waals surface area contributed by atoms with Crippen molar-refractivity contribution in [1.29, 1.82) is 0 Å². The molecule has 0 N–H and O–H groups in total. The van der Waals surface area contributed by atoms with Crippen LogP contribution in [0.15, 0.2) is 12.3 Å². The zero-order valence-corrected chi connectivity index (χ0v) is 8.55. The molecule has 1 saturated heterocycles. The number of ketones is 1. The van der Waals surface area contributed by atoms with E-state index in [9.17, 15) is 13.2 Å². The summed E-state index contributed by atoms with van der Waals surface area (Å²) in [6.45, 7) is 0. The van der Waals surface area contributed by atoms with Gasteiger partial charge in [0.2, 0.25) is 0 Å². The highest BCUT2D eigenvalue weighted by molar-refractivity contribution is 7.91. The Morgan fingerprint density at radius 1 is 1.43 bits per heavy atom. The Labute approximate surface area is 82.9 Å². The van der Waals surface area contributed by atoms with Crippen LogP contribution in [0.4, 0.5) is 0 Å². The Bertz CT molecular complexity index is 382. The van der Waals surface area contributed by atoms with E-state index in [1.54, 1.807) is 0 Å². The lowest BCUT2D eigenvalue weighted by Gasteiger charge is -2.36. The van der Waals surface area contributed by atoms with Gasteiger partial charge in [0.15, 0.2) is 15.6 Å². The van der Waals surface area contributed by atoms with E-state index in [0.29, 0.717) is 12.8 Å². The van der Waals surface area contributed by atoms with E-state index in [2.05, 4.69) is 0 Å². The average Bonchev–Trinajstić information content (AvgIpc) is 2.00. The van der Waals surface area contributed by atoms with Crippen LogP contribution < -0.4 is 0 Å². The second kappa shape index (κ2) is 3.08. The minimum absolute atomic E-state index is 0.0178. The molecule has 1 unspecified atom stereocenters. The highest BCUT2D eigenvalue weighted by Crippen LogP contribution is 2.32. The van der Waals surface area contributed by atoms with Gasteiger partial charge in [0, 0.05) is 6.08 Å². The van der Waals surface area contributed by atoms with Crippen molar-refractivity contribution in [3.63, 3.8) is 0 Å². The number of sulfone groups is 1. The first-order valence-electron chi connectivity index (χ1n) is 4.59. The molecule has 4 nitrogen and oxygen atoms in total. The van der Waals surface area contributed by atoms with Crippen molar-refractivity contribution < 1.29 is 17.9 Å². The van der Waals surface area contributed by atoms with Crippen LogP contribution in [0.25, 0.3) is 0 Å². The van der Waals surface area contributed by atoms with Gasteiger partial charge in [0.05, 0.1) is 24.2 Å². The summed E-state index contributed by atoms with van der Waals surface area (Å²) in [7, 11) is -3.03. The van der Waals surface area contributed by atoms with E-state index in [-0.39, 0.29) is 23.7 Å². The third-order valence-corrected chi connectivity index (χ3v) is 4.52. The monoisotopic (exact) mass is 216 g/mol. The highest BCUT2D eigenvalue weighted by Gasteiger charge is 2.42. The van der Waals surface area contributed by atoms with Crippen molar-refractivity contribution in [2.75, 3.05) is 11.5 Å². The van der Waals surface area contributed by atoms with Crippen LogP contribution in [-0.4, -0.2) is 31.3 Å². The summed E-state index contributed by atoms with van der Waals surface area (Å²) in [5, 5.41) is 0. The van der Waals surface area contributed by atoms with Gasteiger partial charge in [0.1, 0.15) is 5.60 Å². The molecular formula is C9H12O4S. The zero-order chi connectivity index (χ0) is 10.2. The van der Waals surface area contributed by atoms with Crippen molar-refractivity contribution in [2.45, 2.75) is 24.9 Å². The highest BCUT2D eigenvalue weighted by atomic mass is 32.2. The van der Waals surface area contributed by atoms with Crippen molar-refractivity contribution in [3.8, 4) is 0 Å². The predicted octanol–water partition coefficient (Wildman–Crippen LogP) is 0.437. The molecule has 2 rings (SSSR count). The van der Waals surface area contributed by atoms with Crippen molar-refractivity contribution in [1.82, 2.24) is 0 Å². The summed E-state index contributed by atoms with van der Waals surface area (Å²) in [4.78, 5) is 11.2. The van der Waals surface area contributed by atoms with Crippen molar-refractivity contribution >= 4 is 15.6 Å². The number of carbonyl (C=O) groups is 1. The SMILES string of the molecule is O=C1C=COC2(CCCS(=O)(=O)C2)C1. The molecule has 0 aromatic rings. The standard InChI is InChI=1S/C9H12O4S/c10-8-2-4-13-9(6-8)3-1-5-14(11,12)7-9/h2,4H,1,3,5-7H2. The normalized spacial score (nSPS) is 35.6. The fourth-order valence-corrected chi connectivity index (χ4v) is 3.91. The maximum absolute atomic E-state index is 11.4. The first-order chi connectivity index (χ1) is 6.52. The predicted molar refractivity (Wildman–Crippen MR) is 50.5 cm³/mol. The number of hydrogen-bond acceptors (Lipinski definition) is 4. The summed E-state index contributed by atoms with van der Waals surface area (Å²) in [5.74, 6) is 0.153. The van der Waals surface area contributed by atoms with E-state index in [0.717, 1.165) is 0 Å². The lowest BCUT2D eigenvalue weighted by molar-refractivity contribution is -0.121. The van der Waals surface area contributed by atoms with Crippen LogP contribution >= 0.6 is 0 Å². The molecule has 14 heavy (non-hydrogen) atoms. The van der Waals surface area contributed by atoms with Gasteiger partial charge in [-0.2, -0.15) is 0 Å². The van der Waals surface area contributed by atoms with E-state index in [4.69, 9.17) is 4.74 Å². The van der Waals surface area contributed by atoms with Crippen LogP contribution in [-0.2, 0) is 19.4 Å². The Morgan fingerprint density at radius 2 is 2.21 bits per heavy atom. The molecule has 0 saturated carbocycles. The number of ether oxygens (including phenoxy) is 1. The van der Waals surface area contributed by atoms with Gasteiger partial charge in [-0.3, -0.25) is 4.79 Å². The van der Waals surface area contributed by atoms with E-state index >= 15 is 0 Å². The first-order valence-corrected chi connectivity index (χ1v) is 6.41. The number of allylic oxidation sites excluding steroid dienone is 1. The van der Waals surface area contributed by atoms with E-state index < -0.39 is 15.4 Å². The summed E-state index contributed by atoms with van der Waals surface area (Å²) in [6.07, 6.45) is 4.12. The molecule has 0 radical (unpaired) electrons. The summed E-state index contributed by atoms with van der Waals surface area (Å²) in [5.41, 5.74) is -0.761. The average molecular weight is 216 g/mol. The lowest BCUT2D eigenvalue weighted by atomic mass is 9.92. The Hall–Kier alpha value is -0.840. The Kier molecular flexibility index (Phi) is 2.14. The maximum atomic E-state index is 11.4. The fraction of sp³-hybridized carbons (Fsp3) is 0.667. The number of carbonyl (C=O) groups excluding carboxylic acids is 1. The molecule has 0 aromatic heterocycles. The molecule has 78 valence electrons. The van der Waals surface area contributed by atoms with Crippen LogP contribution in [0.3, 0.4) is 0 Å². The van der Waals surface area contributed by atoms with Crippen LogP contribution in [0.1, 0.15) is 19.3 Å². The van der Waals surface area contributed by atoms with Crippen LogP contribution in [0, 0.1) is 0 Å². The first kappa shape index (κ1) is 9.71. The Balaban J connectivity index is 2.24. The Morgan fingerprint density at radius 3 is 2.86 bits per heavy atom. The van der Waals surface area contributed by atoms with Gasteiger partial charge in [-0.25, -0.2) is 8.42 Å². The molecule has 0 bridgehead atoms. The fourth-order valence-electron chi connectivity index (χ4n) is 2.06. The largest absolute Gasteiger partial charge is 0.493 e. The third-order valence-electron chi connectivity index (χ3n) is 2.64. The van der Waals surface area contributed by atoms with Crippen LogP contribution in [0.5, 0.6) is 0 Å². The van der Waals surface area contributed by atoms with Crippen molar-refractivity contribution in [2.24, 2.45) is 0 Å². The molecule has 1 fully saturated rings. The smallest absolute Gasteiger partial charge is 0.162 e. The summed E-state index contributed by atoms with van der Waals surface area (Å²) in [6, 6.07) is 0. The van der Waals surface area contributed by atoms with Gasteiger partial charge in [-0.15, -0.1) is 0 Å². The van der Waals surface area contributed by atoms with Gasteiger partial charge in [-0.1, -0.05) is 0 Å². The van der Waals surface area contributed by atoms with E-state index in [1.165, 1.54) is 12.3 Å². The molecule has 5 heteroatoms. The minimum Gasteiger partial charge on any atom is -0.493 e. The van der Waals surface area contributed by atoms with Gasteiger partial charge >= 0.3 is 0 Å². The third kappa shape index (κ3) is 1.82. The van der Waals surface area contributed by atoms with Crippen LogP contribution in [0.2, 0.25) is 0 Å².